The number of hydrogen-bond acceptors (Lipinski definition) is 9. The van der Waals surface area contributed by atoms with E-state index in [1.54, 1.807) is 0 Å². The van der Waals surface area contributed by atoms with Gasteiger partial charge in [-0.2, -0.15) is 0 Å². The summed E-state index contributed by atoms with van der Waals surface area (Å²) >= 11 is 0. The van der Waals surface area contributed by atoms with Crippen molar-refractivity contribution in [3.05, 3.63) is 0 Å². The summed E-state index contributed by atoms with van der Waals surface area (Å²) < 4.78 is 0. The Morgan fingerprint density at radius 1 is 0.833 bits per heavy atom. The van der Waals surface area contributed by atoms with Crippen LogP contribution in [0.25, 0.3) is 0 Å². The van der Waals surface area contributed by atoms with Crippen molar-refractivity contribution in [3.8, 4) is 0 Å². The highest BCUT2D eigenvalue weighted by atomic mass is 16.4. The van der Waals surface area contributed by atoms with E-state index in [1.807, 2.05) is 0 Å². The number of nitrogens with zero attached hydrogens (tertiary/aromatic N) is 1. The summed E-state index contributed by atoms with van der Waals surface area (Å²) in [5.41, 5.74) is 26.0. The minimum Gasteiger partial charge on any atom is -0.480 e. The number of carbonyl (C=O) groups excluding carboxylic acids is 5. The van der Waals surface area contributed by atoms with Gasteiger partial charge in [-0.1, -0.05) is 0 Å². The third kappa shape index (κ3) is 13.0. The van der Waals surface area contributed by atoms with E-state index in [4.69, 9.17) is 28.7 Å². The molecular weight excluding hydrogens is 482 g/mol. The van der Waals surface area contributed by atoms with Gasteiger partial charge in [0.2, 0.25) is 29.5 Å². The zero-order valence-corrected chi connectivity index (χ0v) is 19.8. The van der Waals surface area contributed by atoms with Crippen molar-refractivity contribution < 1.29 is 39.0 Å². The third-order valence-electron chi connectivity index (χ3n) is 4.69. The number of carboxylic acids is 1. The first kappa shape index (κ1) is 32.0. The van der Waals surface area contributed by atoms with E-state index < -0.39 is 72.2 Å². The van der Waals surface area contributed by atoms with Gasteiger partial charge < -0.3 is 54.8 Å². The first-order valence-electron chi connectivity index (χ1n) is 10.8. The van der Waals surface area contributed by atoms with Crippen LogP contribution in [0.3, 0.4) is 0 Å². The Morgan fingerprint density at radius 3 is 1.89 bits per heavy atom. The molecule has 0 aromatic carbocycles. The van der Waals surface area contributed by atoms with Crippen molar-refractivity contribution in [1.29, 1.82) is 0 Å². The molecule has 0 rings (SSSR count). The number of aliphatic imine (C=N–C) groups is 1. The number of carbonyl (C=O) groups is 6. The monoisotopic (exact) mass is 517 g/mol. The van der Waals surface area contributed by atoms with Crippen LogP contribution in [0, 0.1) is 0 Å². The molecule has 0 aliphatic heterocycles. The van der Waals surface area contributed by atoms with E-state index in [0.29, 0.717) is 0 Å². The van der Waals surface area contributed by atoms with Crippen molar-refractivity contribution in [2.24, 2.45) is 33.7 Å². The largest absolute Gasteiger partial charge is 0.480 e. The lowest BCUT2D eigenvalue weighted by molar-refractivity contribution is -0.142. The maximum absolute atomic E-state index is 12.8. The number of nitrogens with one attached hydrogen (secondary N) is 3. The van der Waals surface area contributed by atoms with Crippen LogP contribution in [0.1, 0.15) is 39.0 Å². The zero-order valence-electron chi connectivity index (χ0n) is 19.8. The molecule has 0 saturated heterocycles. The Morgan fingerprint density at radius 2 is 1.42 bits per heavy atom. The predicted octanol–water partition coefficient (Wildman–Crippen LogP) is -5.57. The highest BCUT2D eigenvalue weighted by molar-refractivity contribution is 5.95. The number of rotatable bonds is 17. The maximum Gasteiger partial charge on any atom is 0.326 e. The normalized spacial score (nSPS) is 14.8. The Kier molecular flexibility index (Phi) is 14.1. The molecule has 0 aliphatic rings. The van der Waals surface area contributed by atoms with E-state index in [9.17, 15) is 39.0 Å². The molecule has 5 unspecified atom stereocenters. The molecule has 0 aromatic rings. The van der Waals surface area contributed by atoms with Gasteiger partial charge in [-0.25, -0.2) is 4.79 Å². The summed E-state index contributed by atoms with van der Waals surface area (Å²) in [5.74, 6) is -6.20. The summed E-state index contributed by atoms with van der Waals surface area (Å²) in [6, 6.07) is -5.85. The number of amides is 5. The van der Waals surface area contributed by atoms with Gasteiger partial charge in [0.1, 0.15) is 18.1 Å². The van der Waals surface area contributed by atoms with Crippen LogP contribution in [0.15, 0.2) is 4.99 Å². The van der Waals surface area contributed by atoms with Gasteiger partial charge in [-0.3, -0.25) is 29.0 Å². The van der Waals surface area contributed by atoms with Gasteiger partial charge in [0.05, 0.1) is 18.6 Å². The van der Waals surface area contributed by atoms with Crippen molar-refractivity contribution in [3.63, 3.8) is 0 Å². The Hall–Kier alpha value is -3.99. The minimum absolute atomic E-state index is 0.0571. The van der Waals surface area contributed by atoms with Crippen molar-refractivity contribution in [2.75, 3.05) is 6.54 Å². The van der Waals surface area contributed by atoms with Crippen LogP contribution in [0.2, 0.25) is 0 Å². The SMILES string of the molecule is CC(O)C(NC(=O)C(N)CC(N)=O)C(=O)NC(CCC(N)=O)C(=O)NC(CCCN=C(N)N)C(=O)O. The number of aliphatic hydroxyl groups excluding tert-OH is 1. The zero-order chi connectivity index (χ0) is 28.0. The first-order chi connectivity index (χ1) is 16.6. The molecule has 0 fully saturated rings. The number of carboxylic acid groups (broad SMARTS) is 1. The Labute approximate surface area is 206 Å². The summed E-state index contributed by atoms with van der Waals surface area (Å²) in [7, 11) is 0. The first-order valence-corrected chi connectivity index (χ1v) is 10.8. The van der Waals surface area contributed by atoms with Crippen LogP contribution in [0.4, 0.5) is 0 Å². The van der Waals surface area contributed by atoms with Crippen molar-refractivity contribution >= 4 is 41.5 Å². The predicted molar refractivity (Wildman–Crippen MR) is 125 cm³/mol. The minimum atomic E-state index is -1.62. The molecular formula is C19H35N9O8. The van der Waals surface area contributed by atoms with Crippen LogP contribution in [0.5, 0.6) is 0 Å². The molecule has 0 saturated carbocycles. The fourth-order valence-electron chi connectivity index (χ4n) is 2.83. The molecule has 0 bridgehead atoms. The van der Waals surface area contributed by atoms with Gasteiger partial charge in [0, 0.05) is 13.0 Å². The van der Waals surface area contributed by atoms with Crippen molar-refractivity contribution in [2.45, 2.75) is 69.3 Å². The maximum atomic E-state index is 12.8. The molecule has 36 heavy (non-hydrogen) atoms. The molecule has 5 amide bonds. The molecule has 15 N–H and O–H groups in total. The van der Waals surface area contributed by atoms with E-state index in [1.165, 1.54) is 6.92 Å². The van der Waals surface area contributed by atoms with Gasteiger partial charge in [0.15, 0.2) is 5.96 Å². The highest BCUT2D eigenvalue weighted by Crippen LogP contribution is 2.05. The lowest BCUT2D eigenvalue weighted by Gasteiger charge is -2.26. The fraction of sp³-hybridized carbons (Fsp3) is 0.632. The summed E-state index contributed by atoms with van der Waals surface area (Å²) in [6.07, 6.45) is -2.52. The average molecular weight is 518 g/mol. The topological polar surface area (TPSA) is 321 Å². The highest BCUT2D eigenvalue weighted by Gasteiger charge is 2.32. The molecule has 0 heterocycles. The van der Waals surface area contributed by atoms with Gasteiger partial charge in [0.25, 0.3) is 0 Å². The number of aliphatic carboxylic acids is 1. The number of primary amides is 2. The fourth-order valence-corrected chi connectivity index (χ4v) is 2.83. The van der Waals surface area contributed by atoms with Gasteiger partial charge >= 0.3 is 5.97 Å². The Bertz CT molecular complexity index is 845. The smallest absolute Gasteiger partial charge is 0.326 e. The molecule has 0 spiro atoms. The standard InChI is InChI=1S/C19H35N9O8/c1-8(29)14(28-15(32)9(20)7-13(22)31)17(34)26-10(4-5-12(21)30)16(33)27-11(18(35)36)3-2-6-25-19(23)24/h8-11,14,29H,2-7,20H2,1H3,(H2,21,30)(H2,22,31)(H,26,34)(H,27,33)(H,28,32)(H,35,36)(H4,23,24,25). The van der Waals surface area contributed by atoms with Crippen LogP contribution < -0.4 is 44.6 Å². The second kappa shape index (κ2) is 15.8. The number of hydrogen-bond donors (Lipinski definition) is 10. The molecule has 0 aliphatic carbocycles. The lowest BCUT2D eigenvalue weighted by atomic mass is 10.1. The second-order valence-electron chi connectivity index (χ2n) is 7.92. The van der Waals surface area contributed by atoms with E-state index in [-0.39, 0.29) is 38.2 Å². The average Bonchev–Trinajstić information content (AvgIpc) is 2.75. The van der Waals surface area contributed by atoms with Crippen LogP contribution in [-0.2, 0) is 28.8 Å². The molecule has 0 radical (unpaired) electrons. The van der Waals surface area contributed by atoms with Crippen molar-refractivity contribution in [1.82, 2.24) is 16.0 Å². The summed E-state index contributed by atoms with van der Waals surface area (Å²) in [4.78, 5) is 75.1. The second-order valence-corrected chi connectivity index (χ2v) is 7.92. The number of aliphatic hydroxyl groups is 1. The molecule has 204 valence electrons. The molecule has 0 aromatic heterocycles. The third-order valence-corrected chi connectivity index (χ3v) is 4.69. The van der Waals surface area contributed by atoms with Crippen LogP contribution in [-0.4, -0.2) is 88.5 Å². The quantitative estimate of drug-likeness (QED) is 0.0492. The summed E-state index contributed by atoms with van der Waals surface area (Å²) in [6.45, 7) is 1.27. The number of guanidine groups is 1. The van der Waals surface area contributed by atoms with Crippen LogP contribution >= 0.6 is 0 Å². The van der Waals surface area contributed by atoms with E-state index in [2.05, 4.69) is 20.9 Å². The number of nitrogens with two attached hydrogens (primary N) is 5. The Balaban J connectivity index is 5.49. The van der Waals surface area contributed by atoms with E-state index >= 15 is 0 Å². The van der Waals surface area contributed by atoms with E-state index in [0.717, 1.165) is 0 Å². The van der Waals surface area contributed by atoms with Gasteiger partial charge in [-0.05, 0) is 26.2 Å². The van der Waals surface area contributed by atoms with Gasteiger partial charge in [-0.15, -0.1) is 0 Å². The molecule has 17 nitrogen and oxygen atoms in total. The molecule has 17 heteroatoms. The molecule has 5 atom stereocenters. The lowest BCUT2D eigenvalue weighted by Crippen LogP contribution is -2.60. The summed E-state index contributed by atoms with van der Waals surface area (Å²) in [5, 5.41) is 26.0.